The molecule has 0 atom stereocenters. The lowest BCUT2D eigenvalue weighted by Crippen LogP contribution is -2.44. The first-order valence-corrected chi connectivity index (χ1v) is 4.83. The molecule has 7 N–H and O–H groups in total. The Bertz CT molecular complexity index is 446. The Morgan fingerprint density at radius 2 is 2.06 bits per heavy atom. The predicted octanol–water partition coefficient (Wildman–Crippen LogP) is -0.0526. The van der Waals surface area contributed by atoms with Gasteiger partial charge in [0.2, 0.25) is 0 Å². The lowest BCUT2D eigenvalue weighted by Gasteiger charge is -2.18. The first-order chi connectivity index (χ1) is 7.93. The maximum Gasteiger partial charge on any atom is 0.197 e. The molecule has 0 aliphatic carbocycles. The fraction of sp³-hybridized carbons (Fsp3) is 0.200. The molecular formula is C10H15N5O2. The van der Waals surface area contributed by atoms with Crippen molar-refractivity contribution in [2.24, 2.45) is 5.73 Å². The van der Waals surface area contributed by atoms with Crippen LogP contribution >= 0.6 is 0 Å². The van der Waals surface area contributed by atoms with Crippen LogP contribution in [0.25, 0.3) is 0 Å². The number of phenolic OH excluding ortho intramolecular Hbond substituents is 2. The van der Waals surface area contributed by atoms with Crippen molar-refractivity contribution in [2.45, 2.75) is 6.54 Å². The first kappa shape index (κ1) is 12.6. The molecule has 0 aromatic heterocycles. The van der Waals surface area contributed by atoms with Crippen LogP contribution in [0.4, 0.5) is 0 Å². The smallest absolute Gasteiger partial charge is 0.197 e. The van der Waals surface area contributed by atoms with E-state index in [1.165, 1.54) is 13.1 Å². The molecule has 1 rings (SSSR count). The molecule has 0 bridgehead atoms. The number of para-hydroxylation sites is 1. The highest BCUT2D eigenvalue weighted by molar-refractivity contribution is 5.94. The maximum atomic E-state index is 9.52. The van der Waals surface area contributed by atoms with Gasteiger partial charge in [-0.25, -0.2) is 0 Å². The summed E-state index contributed by atoms with van der Waals surface area (Å²) in [6.45, 7) is 0.149. The minimum atomic E-state index is -0.261. The summed E-state index contributed by atoms with van der Waals surface area (Å²) in [6.07, 6.45) is 0. The molecule has 92 valence electrons. The minimum Gasteiger partial charge on any atom is -0.504 e. The molecule has 1 aromatic carbocycles. The van der Waals surface area contributed by atoms with Crippen molar-refractivity contribution < 1.29 is 10.2 Å². The van der Waals surface area contributed by atoms with Crippen molar-refractivity contribution in [1.29, 1.82) is 10.8 Å². The Hall–Kier alpha value is -2.44. The highest BCUT2D eigenvalue weighted by atomic mass is 16.3. The van der Waals surface area contributed by atoms with Crippen LogP contribution in [0.15, 0.2) is 18.2 Å². The summed E-state index contributed by atoms with van der Waals surface area (Å²) in [5, 5.41) is 36.1. The van der Waals surface area contributed by atoms with Crippen molar-refractivity contribution in [3.8, 4) is 11.5 Å². The molecule has 7 nitrogen and oxygen atoms in total. The van der Waals surface area contributed by atoms with E-state index in [0.29, 0.717) is 5.56 Å². The number of hydrogen-bond donors (Lipinski definition) is 6. The summed E-state index contributed by atoms with van der Waals surface area (Å²) in [4.78, 5) is 1.14. The van der Waals surface area contributed by atoms with Crippen LogP contribution in [0.3, 0.4) is 0 Å². The molecule has 1 aromatic rings. The van der Waals surface area contributed by atoms with E-state index < -0.39 is 0 Å². The summed E-state index contributed by atoms with van der Waals surface area (Å²) in [5.74, 6) is -0.767. The summed E-state index contributed by atoms with van der Waals surface area (Å²) in [6, 6.07) is 4.57. The Balaban J connectivity index is 2.65. The normalized spacial score (nSPS) is 9.71. The molecular weight excluding hydrogens is 222 g/mol. The lowest BCUT2D eigenvalue weighted by atomic mass is 10.2. The standard InChI is InChI=1S/C10H15N5O2/c1-15(9(11)12)10(13)14-5-6-3-2-4-7(16)8(6)17/h2-4,16-17H,5H2,1H3,(H3,11,12)(H2,13,14). The zero-order valence-electron chi connectivity index (χ0n) is 9.36. The van der Waals surface area contributed by atoms with Crippen molar-refractivity contribution in [3.63, 3.8) is 0 Å². The van der Waals surface area contributed by atoms with Crippen molar-refractivity contribution in [1.82, 2.24) is 10.2 Å². The molecule has 7 heteroatoms. The molecule has 0 unspecified atom stereocenters. The van der Waals surface area contributed by atoms with Gasteiger partial charge in [0, 0.05) is 19.2 Å². The number of benzene rings is 1. The average Bonchev–Trinajstić information content (AvgIpc) is 2.29. The minimum absolute atomic E-state index is 0.0692. The Morgan fingerprint density at radius 1 is 1.41 bits per heavy atom. The number of phenols is 2. The van der Waals surface area contributed by atoms with Gasteiger partial charge in [-0.3, -0.25) is 15.7 Å². The van der Waals surface area contributed by atoms with Crippen LogP contribution in [0.5, 0.6) is 11.5 Å². The van der Waals surface area contributed by atoms with Gasteiger partial charge in [0.15, 0.2) is 23.4 Å². The third-order valence-corrected chi connectivity index (χ3v) is 2.24. The summed E-state index contributed by atoms with van der Waals surface area (Å²) >= 11 is 0. The van der Waals surface area contributed by atoms with Crippen LogP contribution in [0, 0.1) is 10.8 Å². The lowest BCUT2D eigenvalue weighted by molar-refractivity contribution is 0.398. The number of guanidine groups is 2. The number of hydrogen-bond acceptors (Lipinski definition) is 4. The van der Waals surface area contributed by atoms with Crippen molar-refractivity contribution in [3.05, 3.63) is 23.8 Å². The summed E-state index contributed by atoms with van der Waals surface area (Å²) < 4.78 is 0. The fourth-order valence-corrected chi connectivity index (χ4v) is 1.14. The van der Waals surface area contributed by atoms with Crippen molar-refractivity contribution in [2.75, 3.05) is 7.05 Å². The van der Waals surface area contributed by atoms with Gasteiger partial charge in [-0.05, 0) is 6.07 Å². The third-order valence-electron chi connectivity index (χ3n) is 2.24. The van der Waals surface area contributed by atoms with Gasteiger partial charge < -0.3 is 21.3 Å². The van der Waals surface area contributed by atoms with E-state index >= 15 is 0 Å². The van der Waals surface area contributed by atoms with Gasteiger partial charge in [0.05, 0.1) is 0 Å². The largest absolute Gasteiger partial charge is 0.504 e. The molecule has 0 aliphatic rings. The van der Waals surface area contributed by atoms with Gasteiger partial charge in [-0.1, -0.05) is 12.1 Å². The van der Waals surface area contributed by atoms with Crippen LogP contribution in [-0.2, 0) is 6.54 Å². The predicted molar refractivity (Wildman–Crippen MR) is 64.0 cm³/mol. The van der Waals surface area contributed by atoms with E-state index in [4.69, 9.17) is 16.6 Å². The summed E-state index contributed by atoms with van der Waals surface area (Å²) in [7, 11) is 1.47. The molecule has 0 spiro atoms. The van der Waals surface area contributed by atoms with Gasteiger partial charge >= 0.3 is 0 Å². The van der Waals surface area contributed by atoms with Crippen LogP contribution in [-0.4, -0.2) is 34.1 Å². The van der Waals surface area contributed by atoms with E-state index in [2.05, 4.69) is 5.32 Å². The van der Waals surface area contributed by atoms with Crippen LogP contribution < -0.4 is 11.1 Å². The Kier molecular flexibility index (Phi) is 3.76. The van der Waals surface area contributed by atoms with Crippen molar-refractivity contribution >= 4 is 11.9 Å². The molecule has 0 heterocycles. The van der Waals surface area contributed by atoms with Gasteiger partial charge in [-0.15, -0.1) is 0 Å². The van der Waals surface area contributed by atoms with E-state index in [1.807, 2.05) is 0 Å². The monoisotopic (exact) mass is 237 g/mol. The molecule has 0 fully saturated rings. The van der Waals surface area contributed by atoms with Crippen LogP contribution in [0.1, 0.15) is 5.56 Å². The number of nitrogens with two attached hydrogens (primary N) is 1. The highest BCUT2D eigenvalue weighted by Gasteiger charge is 2.09. The molecule has 17 heavy (non-hydrogen) atoms. The number of nitrogens with zero attached hydrogens (tertiary/aromatic N) is 1. The summed E-state index contributed by atoms with van der Waals surface area (Å²) in [5.41, 5.74) is 5.65. The highest BCUT2D eigenvalue weighted by Crippen LogP contribution is 2.27. The second-order valence-electron chi connectivity index (χ2n) is 3.43. The Morgan fingerprint density at radius 3 is 2.65 bits per heavy atom. The number of aromatic hydroxyl groups is 2. The first-order valence-electron chi connectivity index (χ1n) is 4.83. The zero-order valence-corrected chi connectivity index (χ0v) is 9.36. The maximum absolute atomic E-state index is 9.52. The van der Waals surface area contributed by atoms with Crippen LogP contribution in [0.2, 0.25) is 0 Å². The van der Waals surface area contributed by atoms with Gasteiger partial charge in [-0.2, -0.15) is 0 Å². The fourth-order valence-electron chi connectivity index (χ4n) is 1.14. The number of nitrogens with one attached hydrogen (secondary N) is 3. The quantitative estimate of drug-likeness (QED) is 0.244. The second-order valence-corrected chi connectivity index (χ2v) is 3.43. The van der Waals surface area contributed by atoms with E-state index in [0.717, 1.165) is 4.90 Å². The van der Waals surface area contributed by atoms with E-state index in [1.54, 1.807) is 12.1 Å². The molecule has 0 amide bonds. The van der Waals surface area contributed by atoms with E-state index in [9.17, 15) is 10.2 Å². The topological polar surface area (TPSA) is 129 Å². The van der Waals surface area contributed by atoms with Gasteiger partial charge in [0.25, 0.3) is 0 Å². The zero-order chi connectivity index (χ0) is 13.0. The molecule has 0 radical (unpaired) electrons. The second kappa shape index (κ2) is 5.06. The van der Waals surface area contributed by atoms with Gasteiger partial charge in [0.1, 0.15) is 0 Å². The molecule has 0 saturated heterocycles. The molecule has 0 aliphatic heterocycles. The third kappa shape index (κ3) is 3.00. The van der Waals surface area contributed by atoms with E-state index in [-0.39, 0.29) is 30.0 Å². The SMILES string of the molecule is CN(C(=N)N)C(=N)NCc1cccc(O)c1O. The Labute approximate surface area is 98.5 Å². The number of rotatable bonds is 2. The average molecular weight is 237 g/mol. The molecule has 0 saturated carbocycles.